The molecule has 1 rings (SSSR count). The molecule has 0 aliphatic carbocycles. The number of esters is 1. The monoisotopic (exact) mass is 373 g/mol. The lowest BCUT2D eigenvalue weighted by Crippen LogP contribution is -2.39. The molecule has 0 heterocycles. The van der Waals surface area contributed by atoms with Gasteiger partial charge in [-0.05, 0) is 25.0 Å². The summed E-state index contributed by atoms with van der Waals surface area (Å²) in [7, 11) is -4.03. The normalized spacial score (nSPS) is 16.8. The van der Waals surface area contributed by atoms with Crippen molar-refractivity contribution in [3.05, 3.63) is 30.3 Å². The summed E-state index contributed by atoms with van der Waals surface area (Å²) in [5, 5.41) is 2.56. The lowest BCUT2D eigenvalue weighted by molar-refractivity contribution is -0.146. The molecular formula is C18H29FNO4P. The van der Waals surface area contributed by atoms with Gasteiger partial charge in [-0.15, -0.1) is 0 Å². The summed E-state index contributed by atoms with van der Waals surface area (Å²) in [5.41, 5.74) is -0.932. The highest BCUT2D eigenvalue weighted by molar-refractivity contribution is 7.58. The predicted molar refractivity (Wildman–Crippen MR) is 97.4 cm³/mol. The number of halogens is 1. The van der Waals surface area contributed by atoms with Crippen LogP contribution in [0.25, 0.3) is 0 Å². The number of hydrogen-bond donors (Lipinski definition) is 1. The van der Waals surface area contributed by atoms with Gasteiger partial charge in [0.25, 0.3) is 0 Å². The third kappa shape index (κ3) is 6.79. The molecule has 0 amide bonds. The van der Waals surface area contributed by atoms with Gasteiger partial charge >= 0.3 is 13.5 Å². The molecule has 1 aromatic rings. The molecule has 0 bridgehead atoms. The number of benzene rings is 1. The molecule has 25 heavy (non-hydrogen) atoms. The molecule has 0 aliphatic heterocycles. The Morgan fingerprint density at radius 1 is 1.20 bits per heavy atom. The molecule has 0 radical (unpaired) electrons. The topological polar surface area (TPSA) is 64.6 Å². The van der Waals surface area contributed by atoms with Gasteiger partial charge in [-0.2, -0.15) is 0 Å². The third-order valence-corrected chi connectivity index (χ3v) is 5.88. The number of ether oxygens (including phenoxy) is 1. The Morgan fingerprint density at radius 3 is 2.24 bits per heavy atom. The number of carbonyl (C=O) groups is 1. The Labute approximate surface area is 149 Å². The van der Waals surface area contributed by atoms with Crippen LogP contribution < -0.4 is 9.61 Å². The van der Waals surface area contributed by atoms with Crippen LogP contribution in [0.3, 0.4) is 0 Å². The van der Waals surface area contributed by atoms with E-state index in [0.717, 1.165) is 0 Å². The van der Waals surface area contributed by atoms with Crippen LogP contribution in [-0.2, 0) is 14.1 Å². The van der Waals surface area contributed by atoms with Crippen molar-refractivity contribution in [2.45, 2.75) is 53.5 Å². The van der Waals surface area contributed by atoms with Crippen molar-refractivity contribution in [2.24, 2.45) is 11.3 Å². The Morgan fingerprint density at radius 2 is 1.76 bits per heavy atom. The summed E-state index contributed by atoms with van der Waals surface area (Å²) in [4.78, 5) is 12.1. The number of nitrogens with one attached hydrogen (secondary N) is 1. The van der Waals surface area contributed by atoms with Gasteiger partial charge in [-0.3, -0.25) is 9.36 Å². The van der Waals surface area contributed by atoms with Crippen molar-refractivity contribution in [1.29, 1.82) is 0 Å². The number of para-hydroxylation sites is 1. The zero-order valence-electron chi connectivity index (χ0n) is 15.8. The van der Waals surface area contributed by atoms with Crippen LogP contribution in [0.15, 0.2) is 30.3 Å². The molecule has 0 spiro atoms. The largest absolute Gasteiger partial charge is 0.464 e. The van der Waals surface area contributed by atoms with Gasteiger partial charge in [0.1, 0.15) is 11.8 Å². The SMILES string of the molecule is CC(C)COC(=O)[C@H](C)NP(=O)(Oc1ccccc1)C(F)C(C)(C)C. The van der Waals surface area contributed by atoms with E-state index in [2.05, 4.69) is 5.09 Å². The highest BCUT2D eigenvalue weighted by Crippen LogP contribution is 2.55. The Bertz CT molecular complexity index is 601. The summed E-state index contributed by atoms with van der Waals surface area (Å²) < 4.78 is 38.9. The van der Waals surface area contributed by atoms with Crippen LogP contribution in [0.4, 0.5) is 4.39 Å². The first-order valence-electron chi connectivity index (χ1n) is 8.38. The van der Waals surface area contributed by atoms with Crippen LogP contribution in [0.2, 0.25) is 0 Å². The van der Waals surface area contributed by atoms with E-state index < -0.39 is 30.9 Å². The second-order valence-electron chi connectivity index (χ2n) is 7.58. The highest BCUT2D eigenvalue weighted by atomic mass is 31.2. The van der Waals surface area contributed by atoms with E-state index in [-0.39, 0.29) is 18.3 Å². The number of rotatable bonds is 8. The van der Waals surface area contributed by atoms with Gasteiger partial charge in [0.2, 0.25) is 5.91 Å². The lowest BCUT2D eigenvalue weighted by Gasteiger charge is -2.32. The summed E-state index contributed by atoms with van der Waals surface area (Å²) in [5.74, 6) is -1.95. The standard InChI is InChI=1S/C18H29FNO4P/c1-13(2)12-23-16(21)14(3)20-25(22,17(19)18(4,5)6)24-15-10-8-7-9-11-15/h7-11,13-14,17H,12H2,1-6H3,(H,20,22)/t14-,17?,25?/m0/s1. The summed E-state index contributed by atoms with van der Waals surface area (Å²) >= 11 is 0. The first-order chi connectivity index (χ1) is 11.5. The smallest absolute Gasteiger partial charge is 0.351 e. The summed E-state index contributed by atoms with van der Waals surface area (Å²) in [6.45, 7) is 10.4. The van der Waals surface area contributed by atoms with E-state index >= 15 is 0 Å². The predicted octanol–water partition coefficient (Wildman–Crippen LogP) is 4.78. The van der Waals surface area contributed by atoms with Gasteiger partial charge in [0, 0.05) is 5.41 Å². The molecule has 142 valence electrons. The maximum atomic E-state index is 15.0. The van der Waals surface area contributed by atoms with E-state index in [9.17, 15) is 13.8 Å². The molecule has 5 nitrogen and oxygen atoms in total. The molecule has 0 aromatic heterocycles. The van der Waals surface area contributed by atoms with Gasteiger partial charge in [-0.1, -0.05) is 52.8 Å². The Balaban J connectivity index is 2.98. The van der Waals surface area contributed by atoms with Crippen molar-refractivity contribution in [1.82, 2.24) is 5.09 Å². The fraction of sp³-hybridized carbons (Fsp3) is 0.611. The fourth-order valence-electron chi connectivity index (χ4n) is 1.98. The van der Waals surface area contributed by atoms with Crippen molar-refractivity contribution in [2.75, 3.05) is 6.61 Å². The number of hydrogen-bond acceptors (Lipinski definition) is 4. The van der Waals surface area contributed by atoms with Gasteiger partial charge in [0.15, 0.2) is 0 Å². The van der Waals surface area contributed by atoms with Crippen molar-refractivity contribution in [3.63, 3.8) is 0 Å². The minimum Gasteiger partial charge on any atom is -0.464 e. The van der Waals surface area contributed by atoms with E-state index in [1.165, 1.54) is 6.92 Å². The summed E-state index contributed by atoms with van der Waals surface area (Å²) in [6.07, 6.45) is 0. The highest BCUT2D eigenvalue weighted by Gasteiger charge is 2.46. The average Bonchev–Trinajstić information content (AvgIpc) is 2.51. The third-order valence-electron chi connectivity index (χ3n) is 3.28. The van der Waals surface area contributed by atoms with Crippen LogP contribution in [-0.4, -0.2) is 24.5 Å². The molecule has 0 aliphatic rings. The zero-order chi connectivity index (χ0) is 19.3. The maximum Gasteiger partial charge on any atom is 0.351 e. The quantitative estimate of drug-likeness (QED) is 0.525. The van der Waals surface area contributed by atoms with E-state index in [0.29, 0.717) is 0 Å². The Kier molecular flexibility index (Phi) is 7.63. The molecule has 0 fully saturated rings. The molecule has 0 saturated carbocycles. The second kappa shape index (κ2) is 8.81. The van der Waals surface area contributed by atoms with Crippen LogP contribution in [0.1, 0.15) is 41.5 Å². The Hall–Kier alpha value is -1.39. The van der Waals surface area contributed by atoms with Crippen LogP contribution >= 0.6 is 7.52 Å². The van der Waals surface area contributed by atoms with Crippen LogP contribution in [0, 0.1) is 11.3 Å². The first-order valence-corrected chi connectivity index (χ1v) is 10.1. The zero-order valence-corrected chi connectivity index (χ0v) is 16.7. The van der Waals surface area contributed by atoms with Gasteiger partial charge in [0.05, 0.1) is 6.61 Å². The molecule has 7 heteroatoms. The molecule has 3 atom stereocenters. The van der Waals surface area contributed by atoms with Gasteiger partial charge in [-0.25, -0.2) is 9.48 Å². The summed E-state index contributed by atoms with van der Waals surface area (Å²) in [6, 6.07) is 7.38. The molecule has 1 N–H and O–H groups in total. The first kappa shape index (κ1) is 21.7. The molecule has 2 unspecified atom stereocenters. The van der Waals surface area contributed by atoms with E-state index in [1.54, 1.807) is 51.1 Å². The molecule has 0 saturated heterocycles. The van der Waals surface area contributed by atoms with Gasteiger partial charge < -0.3 is 9.26 Å². The average molecular weight is 373 g/mol. The van der Waals surface area contributed by atoms with Crippen LogP contribution in [0.5, 0.6) is 5.75 Å². The van der Waals surface area contributed by atoms with E-state index in [4.69, 9.17) is 9.26 Å². The molecule has 1 aromatic carbocycles. The fourth-order valence-corrected chi connectivity index (χ4v) is 4.36. The number of carbonyl (C=O) groups excluding carboxylic acids is 1. The lowest BCUT2D eigenvalue weighted by atomic mass is 9.99. The van der Waals surface area contributed by atoms with Crippen molar-refractivity contribution >= 4 is 13.5 Å². The minimum absolute atomic E-state index is 0.173. The molecular weight excluding hydrogens is 344 g/mol. The van der Waals surface area contributed by atoms with Crippen molar-refractivity contribution in [3.8, 4) is 5.75 Å². The minimum atomic E-state index is -4.03. The maximum absolute atomic E-state index is 15.0. The number of alkyl halides is 1. The second-order valence-corrected chi connectivity index (χ2v) is 9.67. The van der Waals surface area contributed by atoms with E-state index in [1.807, 2.05) is 13.8 Å². The van der Waals surface area contributed by atoms with Crippen molar-refractivity contribution < 1.29 is 23.0 Å².